The zero-order valence-electron chi connectivity index (χ0n) is 15.5. The summed E-state index contributed by atoms with van der Waals surface area (Å²) in [4.78, 5) is 0. The summed E-state index contributed by atoms with van der Waals surface area (Å²) >= 11 is 0. The number of aliphatic hydroxyl groups is 3. The third-order valence-electron chi connectivity index (χ3n) is 5.24. The standard InChI is InChI=1S/C21H28O3/c1-11-7-13(3)19(15(5)17(11)9-22)21(24)20-14(4)8-12(2)18(10-23)16(20)6/h7-8,21-24H,9-10H2,1-6H3. The molecule has 0 bridgehead atoms. The Labute approximate surface area is 144 Å². The van der Waals surface area contributed by atoms with E-state index in [0.29, 0.717) is 0 Å². The monoisotopic (exact) mass is 328 g/mol. The Morgan fingerprint density at radius 3 is 1.29 bits per heavy atom. The maximum atomic E-state index is 11.2. The minimum absolute atomic E-state index is 0.0363. The Balaban J connectivity index is 2.73. The lowest BCUT2D eigenvalue weighted by molar-refractivity contribution is 0.215. The van der Waals surface area contributed by atoms with Gasteiger partial charge in [-0.2, -0.15) is 0 Å². The summed E-state index contributed by atoms with van der Waals surface area (Å²) in [6.07, 6.45) is -0.776. The summed E-state index contributed by atoms with van der Waals surface area (Å²) in [6, 6.07) is 4.03. The number of hydrogen-bond donors (Lipinski definition) is 3. The molecule has 3 nitrogen and oxygen atoms in total. The highest BCUT2D eigenvalue weighted by atomic mass is 16.3. The zero-order chi connectivity index (χ0) is 18.2. The lowest BCUT2D eigenvalue weighted by Crippen LogP contribution is -2.13. The van der Waals surface area contributed by atoms with Crippen LogP contribution in [-0.2, 0) is 13.2 Å². The number of aryl methyl sites for hydroxylation is 4. The summed E-state index contributed by atoms with van der Waals surface area (Å²) in [6.45, 7) is 11.8. The van der Waals surface area contributed by atoms with E-state index in [0.717, 1.165) is 55.6 Å². The average Bonchev–Trinajstić information content (AvgIpc) is 2.46. The third kappa shape index (κ3) is 3.00. The molecule has 0 atom stereocenters. The van der Waals surface area contributed by atoms with Crippen LogP contribution in [0.5, 0.6) is 0 Å². The van der Waals surface area contributed by atoms with Crippen LogP contribution in [0.1, 0.15) is 61.7 Å². The van der Waals surface area contributed by atoms with Crippen LogP contribution in [0, 0.1) is 41.5 Å². The second-order valence-corrected chi connectivity index (χ2v) is 6.77. The highest BCUT2D eigenvalue weighted by Gasteiger charge is 2.23. The molecular weight excluding hydrogens is 300 g/mol. The van der Waals surface area contributed by atoms with Crippen molar-refractivity contribution < 1.29 is 15.3 Å². The SMILES string of the molecule is Cc1cc(C)c(C(O)c2c(C)cc(C)c(CO)c2C)c(C)c1CO. The lowest BCUT2D eigenvalue weighted by atomic mass is 9.83. The van der Waals surface area contributed by atoms with Gasteiger partial charge in [-0.05, 0) is 97.2 Å². The first-order chi connectivity index (χ1) is 11.2. The van der Waals surface area contributed by atoms with Crippen LogP contribution in [-0.4, -0.2) is 15.3 Å². The number of rotatable bonds is 4. The zero-order valence-corrected chi connectivity index (χ0v) is 15.5. The van der Waals surface area contributed by atoms with Crippen molar-refractivity contribution in [2.45, 2.75) is 60.9 Å². The topological polar surface area (TPSA) is 60.7 Å². The highest BCUT2D eigenvalue weighted by molar-refractivity contribution is 5.53. The number of hydrogen-bond acceptors (Lipinski definition) is 3. The average molecular weight is 328 g/mol. The normalized spacial score (nSPS) is 11.4. The second kappa shape index (κ2) is 7.06. The molecule has 0 unspecified atom stereocenters. The predicted octanol–water partition coefficient (Wildman–Crippen LogP) is 3.60. The Bertz CT molecular complexity index is 710. The Kier molecular flexibility index (Phi) is 5.49. The van der Waals surface area contributed by atoms with Gasteiger partial charge in [0.05, 0.1) is 13.2 Å². The Morgan fingerprint density at radius 1 is 0.667 bits per heavy atom. The van der Waals surface area contributed by atoms with Crippen molar-refractivity contribution in [3.8, 4) is 0 Å². The van der Waals surface area contributed by atoms with Crippen LogP contribution in [0.15, 0.2) is 12.1 Å². The molecule has 0 aliphatic heterocycles. The van der Waals surface area contributed by atoms with E-state index >= 15 is 0 Å². The summed E-state index contributed by atoms with van der Waals surface area (Å²) in [5.41, 5.74) is 9.43. The summed E-state index contributed by atoms with van der Waals surface area (Å²) < 4.78 is 0. The van der Waals surface area contributed by atoms with Crippen molar-refractivity contribution in [1.29, 1.82) is 0 Å². The first-order valence-electron chi connectivity index (χ1n) is 8.33. The molecule has 130 valence electrons. The molecular formula is C21H28O3. The molecule has 0 saturated heterocycles. The molecule has 0 amide bonds. The summed E-state index contributed by atoms with van der Waals surface area (Å²) in [7, 11) is 0. The third-order valence-corrected chi connectivity index (χ3v) is 5.24. The molecule has 3 heteroatoms. The highest BCUT2D eigenvalue weighted by Crippen LogP contribution is 2.36. The van der Waals surface area contributed by atoms with Gasteiger partial charge in [-0.25, -0.2) is 0 Å². The largest absolute Gasteiger partial charge is 0.392 e. The molecule has 3 N–H and O–H groups in total. The van der Waals surface area contributed by atoms with Gasteiger partial charge in [0, 0.05) is 0 Å². The van der Waals surface area contributed by atoms with Crippen molar-refractivity contribution in [3.05, 3.63) is 67.8 Å². The van der Waals surface area contributed by atoms with Gasteiger partial charge in [0.15, 0.2) is 0 Å². The Morgan fingerprint density at radius 2 is 1.00 bits per heavy atom. The number of aliphatic hydroxyl groups excluding tert-OH is 3. The molecule has 0 aromatic heterocycles. The van der Waals surface area contributed by atoms with E-state index in [-0.39, 0.29) is 13.2 Å². The van der Waals surface area contributed by atoms with E-state index in [1.54, 1.807) is 0 Å². The van der Waals surface area contributed by atoms with E-state index in [4.69, 9.17) is 0 Å². The van der Waals surface area contributed by atoms with Crippen molar-refractivity contribution in [2.24, 2.45) is 0 Å². The van der Waals surface area contributed by atoms with Crippen LogP contribution >= 0.6 is 0 Å². The lowest BCUT2D eigenvalue weighted by Gasteiger charge is -2.25. The van der Waals surface area contributed by atoms with E-state index in [2.05, 4.69) is 0 Å². The molecule has 0 aliphatic rings. The van der Waals surface area contributed by atoms with Gasteiger partial charge in [0.25, 0.3) is 0 Å². The fourth-order valence-corrected chi connectivity index (χ4v) is 3.96. The van der Waals surface area contributed by atoms with E-state index in [1.165, 1.54) is 0 Å². The van der Waals surface area contributed by atoms with Crippen LogP contribution in [0.2, 0.25) is 0 Å². The molecule has 0 fully saturated rings. The van der Waals surface area contributed by atoms with Crippen LogP contribution < -0.4 is 0 Å². The molecule has 2 aromatic rings. The van der Waals surface area contributed by atoms with E-state index < -0.39 is 6.10 Å². The van der Waals surface area contributed by atoms with Gasteiger partial charge in [-0.15, -0.1) is 0 Å². The Hall–Kier alpha value is -1.68. The molecule has 0 spiro atoms. The van der Waals surface area contributed by atoms with Crippen LogP contribution in [0.3, 0.4) is 0 Å². The molecule has 0 radical (unpaired) electrons. The minimum atomic E-state index is -0.776. The molecule has 0 saturated carbocycles. The minimum Gasteiger partial charge on any atom is -0.392 e. The van der Waals surface area contributed by atoms with E-state index in [9.17, 15) is 15.3 Å². The second-order valence-electron chi connectivity index (χ2n) is 6.77. The van der Waals surface area contributed by atoms with Crippen molar-refractivity contribution in [2.75, 3.05) is 0 Å². The van der Waals surface area contributed by atoms with Crippen molar-refractivity contribution >= 4 is 0 Å². The van der Waals surface area contributed by atoms with Gasteiger partial charge in [-0.1, -0.05) is 12.1 Å². The molecule has 0 heterocycles. The maximum Gasteiger partial charge on any atom is 0.105 e. The van der Waals surface area contributed by atoms with Crippen molar-refractivity contribution in [3.63, 3.8) is 0 Å². The first-order valence-corrected chi connectivity index (χ1v) is 8.33. The van der Waals surface area contributed by atoms with Gasteiger partial charge in [-0.3, -0.25) is 0 Å². The fourth-order valence-electron chi connectivity index (χ4n) is 3.96. The van der Waals surface area contributed by atoms with Crippen LogP contribution in [0.4, 0.5) is 0 Å². The molecule has 24 heavy (non-hydrogen) atoms. The summed E-state index contributed by atoms with van der Waals surface area (Å²) in [5.74, 6) is 0. The number of benzene rings is 2. The first kappa shape index (κ1) is 18.7. The van der Waals surface area contributed by atoms with Gasteiger partial charge in [0.1, 0.15) is 6.10 Å². The van der Waals surface area contributed by atoms with Gasteiger partial charge < -0.3 is 15.3 Å². The molecule has 0 aliphatic carbocycles. The van der Waals surface area contributed by atoms with E-state index in [1.807, 2.05) is 53.7 Å². The van der Waals surface area contributed by atoms with Gasteiger partial charge in [0.2, 0.25) is 0 Å². The molecule has 2 rings (SSSR count). The maximum absolute atomic E-state index is 11.2. The smallest absolute Gasteiger partial charge is 0.105 e. The van der Waals surface area contributed by atoms with Crippen molar-refractivity contribution in [1.82, 2.24) is 0 Å². The summed E-state index contributed by atoms with van der Waals surface area (Å²) in [5, 5.41) is 30.5. The van der Waals surface area contributed by atoms with Crippen LogP contribution in [0.25, 0.3) is 0 Å². The quantitative estimate of drug-likeness (QED) is 0.803. The predicted molar refractivity (Wildman–Crippen MR) is 97.2 cm³/mol. The fraction of sp³-hybridized carbons (Fsp3) is 0.429. The van der Waals surface area contributed by atoms with Gasteiger partial charge >= 0.3 is 0 Å². The molecule has 2 aromatic carbocycles.